The molecular formula is C17H15Cl2NO3. The summed E-state index contributed by atoms with van der Waals surface area (Å²) in [6.07, 6.45) is -0.217. The van der Waals surface area contributed by atoms with E-state index >= 15 is 0 Å². The van der Waals surface area contributed by atoms with E-state index in [4.69, 9.17) is 23.2 Å². The highest BCUT2D eigenvalue weighted by Gasteiger charge is 2.37. The molecular weight excluding hydrogens is 337 g/mol. The number of carbonyl (C=O) groups excluding carboxylic acids is 1. The zero-order valence-corrected chi connectivity index (χ0v) is 13.9. The van der Waals surface area contributed by atoms with Gasteiger partial charge in [-0.3, -0.25) is 9.59 Å². The summed E-state index contributed by atoms with van der Waals surface area (Å²) in [7, 11) is 0. The van der Waals surface area contributed by atoms with Crippen LogP contribution in [0.15, 0.2) is 48.5 Å². The van der Waals surface area contributed by atoms with Gasteiger partial charge in [-0.15, -0.1) is 0 Å². The van der Waals surface area contributed by atoms with E-state index in [0.717, 1.165) is 0 Å². The maximum Gasteiger partial charge on any atom is 0.314 e. The molecule has 0 fully saturated rings. The smallest absolute Gasteiger partial charge is 0.314 e. The number of hydrogen-bond donors (Lipinski definition) is 2. The van der Waals surface area contributed by atoms with Crippen molar-refractivity contribution in [2.24, 2.45) is 0 Å². The summed E-state index contributed by atoms with van der Waals surface area (Å²) in [6, 6.07) is 13.3. The first-order valence-corrected chi connectivity index (χ1v) is 7.62. The van der Waals surface area contributed by atoms with E-state index in [-0.39, 0.29) is 6.42 Å². The van der Waals surface area contributed by atoms with Crippen molar-refractivity contribution in [3.8, 4) is 0 Å². The van der Waals surface area contributed by atoms with Crippen molar-refractivity contribution < 1.29 is 14.7 Å². The number of rotatable bonds is 5. The number of anilines is 1. The summed E-state index contributed by atoms with van der Waals surface area (Å²) in [5.74, 6) is -1.51. The zero-order chi connectivity index (χ0) is 17.0. The van der Waals surface area contributed by atoms with Crippen LogP contribution in [0.25, 0.3) is 0 Å². The van der Waals surface area contributed by atoms with E-state index in [1.54, 1.807) is 42.5 Å². The second-order valence-electron chi connectivity index (χ2n) is 5.35. The van der Waals surface area contributed by atoms with Crippen molar-refractivity contribution in [1.29, 1.82) is 0 Å². The number of hydrogen-bond acceptors (Lipinski definition) is 2. The van der Waals surface area contributed by atoms with E-state index < -0.39 is 17.3 Å². The normalized spacial score (nSPS) is 13.2. The summed E-state index contributed by atoms with van der Waals surface area (Å²) >= 11 is 11.8. The van der Waals surface area contributed by atoms with Crippen LogP contribution >= 0.6 is 23.2 Å². The number of carboxylic acids is 1. The molecule has 0 saturated heterocycles. The van der Waals surface area contributed by atoms with Crippen LogP contribution in [-0.4, -0.2) is 17.0 Å². The van der Waals surface area contributed by atoms with Crippen LogP contribution in [0.5, 0.6) is 0 Å². The lowest BCUT2D eigenvalue weighted by molar-refractivity contribution is -0.145. The van der Waals surface area contributed by atoms with Gasteiger partial charge < -0.3 is 10.4 Å². The lowest BCUT2D eigenvalue weighted by Gasteiger charge is -2.24. The summed E-state index contributed by atoms with van der Waals surface area (Å²) in [4.78, 5) is 24.0. The first-order chi connectivity index (χ1) is 10.8. The molecule has 120 valence electrons. The third kappa shape index (κ3) is 4.03. The third-order valence-electron chi connectivity index (χ3n) is 3.60. The van der Waals surface area contributed by atoms with Crippen LogP contribution in [0.3, 0.4) is 0 Å². The molecule has 0 aliphatic heterocycles. The zero-order valence-electron chi connectivity index (χ0n) is 12.3. The first-order valence-electron chi connectivity index (χ1n) is 6.87. The number of halogens is 2. The lowest BCUT2D eigenvalue weighted by atomic mass is 9.79. The molecule has 2 aromatic carbocycles. The van der Waals surface area contributed by atoms with Gasteiger partial charge in [-0.25, -0.2) is 0 Å². The molecule has 0 radical (unpaired) electrons. The van der Waals surface area contributed by atoms with Crippen molar-refractivity contribution >= 4 is 40.8 Å². The van der Waals surface area contributed by atoms with Gasteiger partial charge >= 0.3 is 5.97 Å². The van der Waals surface area contributed by atoms with Crippen molar-refractivity contribution in [1.82, 2.24) is 0 Å². The lowest BCUT2D eigenvalue weighted by Crippen LogP contribution is -2.36. The summed E-state index contributed by atoms with van der Waals surface area (Å²) in [5.41, 5.74) is -0.378. The molecule has 0 aliphatic rings. The van der Waals surface area contributed by atoms with Gasteiger partial charge in [0.25, 0.3) is 0 Å². The number of aliphatic carboxylic acids is 1. The fourth-order valence-corrected chi connectivity index (χ4v) is 2.67. The fraction of sp³-hybridized carbons (Fsp3) is 0.176. The average Bonchev–Trinajstić information content (AvgIpc) is 2.50. The Balaban J connectivity index is 2.20. The quantitative estimate of drug-likeness (QED) is 0.840. The van der Waals surface area contributed by atoms with Crippen molar-refractivity contribution in [3.63, 3.8) is 0 Å². The Bertz CT molecular complexity index is 734. The van der Waals surface area contributed by atoms with E-state index in [1.807, 2.05) is 0 Å². The molecule has 6 heteroatoms. The average molecular weight is 352 g/mol. The van der Waals surface area contributed by atoms with E-state index in [9.17, 15) is 14.7 Å². The molecule has 23 heavy (non-hydrogen) atoms. The highest BCUT2D eigenvalue weighted by molar-refractivity contribution is 6.36. The van der Waals surface area contributed by atoms with Crippen molar-refractivity contribution in [3.05, 3.63) is 64.1 Å². The molecule has 1 atom stereocenters. The molecule has 0 bridgehead atoms. The maximum atomic E-state index is 12.3. The summed E-state index contributed by atoms with van der Waals surface area (Å²) in [5, 5.41) is 12.9. The van der Waals surface area contributed by atoms with Crippen LogP contribution in [0.2, 0.25) is 10.0 Å². The monoisotopic (exact) mass is 351 g/mol. The molecule has 0 spiro atoms. The molecule has 2 aromatic rings. The van der Waals surface area contributed by atoms with Gasteiger partial charge in [0.15, 0.2) is 0 Å². The Hall–Kier alpha value is -2.04. The van der Waals surface area contributed by atoms with Crippen LogP contribution in [0.4, 0.5) is 5.69 Å². The number of benzene rings is 2. The fourth-order valence-electron chi connectivity index (χ4n) is 2.21. The van der Waals surface area contributed by atoms with Crippen LogP contribution < -0.4 is 5.32 Å². The third-order valence-corrected chi connectivity index (χ3v) is 4.15. The Labute approximate surface area is 144 Å². The largest absolute Gasteiger partial charge is 0.481 e. The predicted molar refractivity (Wildman–Crippen MR) is 91.1 cm³/mol. The molecule has 1 amide bonds. The van der Waals surface area contributed by atoms with E-state index in [1.165, 1.54) is 13.0 Å². The minimum absolute atomic E-state index is 0.217. The second-order valence-corrected chi connectivity index (χ2v) is 6.20. The molecule has 2 rings (SSSR count). The van der Waals surface area contributed by atoms with Crippen LogP contribution in [-0.2, 0) is 15.0 Å². The molecule has 0 saturated carbocycles. The molecule has 0 unspecified atom stereocenters. The molecule has 0 aromatic heterocycles. The molecule has 0 heterocycles. The highest BCUT2D eigenvalue weighted by atomic mass is 35.5. The molecule has 0 aliphatic carbocycles. The van der Waals surface area contributed by atoms with Crippen LogP contribution in [0, 0.1) is 0 Å². The van der Waals surface area contributed by atoms with Gasteiger partial charge in [-0.2, -0.15) is 0 Å². The first kappa shape index (κ1) is 17.3. The standard InChI is InChI=1S/C17H15Cl2NO3/c1-17(16(22)23,11-5-3-2-4-6-11)10-15(21)20-14-8-7-12(18)9-13(14)19/h2-9H,10H2,1H3,(H,20,21)(H,22,23)/t17-/m1/s1. The minimum Gasteiger partial charge on any atom is -0.481 e. The number of amides is 1. The minimum atomic E-state index is -1.33. The van der Waals surface area contributed by atoms with Gasteiger partial charge in [-0.05, 0) is 30.7 Å². The van der Waals surface area contributed by atoms with E-state index in [2.05, 4.69) is 5.32 Å². The SMILES string of the molecule is C[C@](CC(=O)Nc1ccc(Cl)cc1Cl)(C(=O)O)c1ccccc1. The topological polar surface area (TPSA) is 66.4 Å². The number of carbonyl (C=O) groups is 2. The van der Waals surface area contributed by atoms with Crippen molar-refractivity contribution in [2.45, 2.75) is 18.8 Å². The van der Waals surface area contributed by atoms with Gasteiger partial charge in [-0.1, -0.05) is 53.5 Å². The van der Waals surface area contributed by atoms with Crippen LogP contribution in [0.1, 0.15) is 18.9 Å². The van der Waals surface area contributed by atoms with Gasteiger partial charge in [0.2, 0.25) is 5.91 Å². The van der Waals surface area contributed by atoms with Gasteiger partial charge in [0.05, 0.1) is 16.1 Å². The van der Waals surface area contributed by atoms with Gasteiger partial charge in [0.1, 0.15) is 0 Å². The Morgan fingerprint density at radius 3 is 2.35 bits per heavy atom. The maximum absolute atomic E-state index is 12.3. The Morgan fingerprint density at radius 2 is 1.78 bits per heavy atom. The van der Waals surface area contributed by atoms with E-state index in [0.29, 0.717) is 21.3 Å². The van der Waals surface area contributed by atoms with Crippen molar-refractivity contribution in [2.75, 3.05) is 5.32 Å². The number of nitrogens with one attached hydrogen (secondary N) is 1. The molecule has 2 N–H and O–H groups in total. The molecule has 4 nitrogen and oxygen atoms in total. The second kappa shape index (κ2) is 7.02. The highest BCUT2D eigenvalue weighted by Crippen LogP contribution is 2.30. The summed E-state index contributed by atoms with van der Waals surface area (Å²) < 4.78 is 0. The Kier molecular flexibility index (Phi) is 5.29. The number of carboxylic acid groups (broad SMARTS) is 1. The Morgan fingerprint density at radius 1 is 1.13 bits per heavy atom. The predicted octanol–water partition coefficient (Wildman–Crippen LogP) is 4.36. The summed E-state index contributed by atoms with van der Waals surface area (Å²) in [6.45, 7) is 1.52. The van der Waals surface area contributed by atoms with Gasteiger partial charge in [0, 0.05) is 11.4 Å².